The van der Waals surface area contributed by atoms with Crippen LogP contribution in [0.15, 0.2) is 42.7 Å². The third kappa shape index (κ3) is 4.01. The minimum Gasteiger partial charge on any atom is -0.310 e. The lowest BCUT2D eigenvalue weighted by molar-refractivity contribution is 0.0939. The molecule has 1 heterocycles. The van der Waals surface area contributed by atoms with Gasteiger partial charge in [-0.1, -0.05) is 39.8 Å². The topological polar surface area (TPSA) is 42.0 Å². The summed E-state index contributed by atoms with van der Waals surface area (Å²) in [6.07, 6.45) is 3.59. The number of nitrogens with zero attached hydrogens (tertiary/aromatic N) is 1. The number of Topliss-reactive ketones (excluding diaryl/α,β-unsaturated/α-hetero) is 1. The molecule has 0 unspecified atom stereocenters. The maximum Gasteiger partial charge on any atom is 0.165 e. The molecule has 1 N–H and O–H groups in total. The van der Waals surface area contributed by atoms with Crippen LogP contribution >= 0.6 is 0 Å². The van der Waals surface area contributed by atoms with Crippen molar-refractivity contribution in [2.75, 3.05) is 0 Å². The Hall–Kier alpha value is -2.00. The van der Waals surface area contributed by atoms with Gasteiger partial charge in [-0.15, -0.1) is 0 Å². The van der Waals surface area contributed by atoms with Gasteiger partial charge in [0.1, 0.15) is 0 Å². The first-order valence-corrected chi connectivity index (χ1v) is 7.80. The van der Waals surface area contributed by atoms with Crippen molar-refractivity contribution < 1.29 is 4.79 Å². The van der Waals surface area contributed by atoms with Crippen molar-refractivity contribution >= 4 is 5.78 Å². The molecule has 2 aromatic rings. The van der Waals surface area contributed by atoms with Crippen LogP contribution in [0.5, 0.6) is 0 Å². The highest BCUT2D eigenvalue weighted by molar-refractivity contribution is 5.98. The molecule has 0 radical (unpaired) electrons. The van der Waals surface area contributed by atoms with E-state index < -0.39 is 0 Å². The van der Waals surface area contributed by atoms with Crippen LogP contribution in [0.1, 0.15) is 43.6 Å². The molecule has 0 saturated heterocycles. The van der Waals surface area contributed by atoms with Gasteiger partial charge in [-0.25, -0.2) is 0 Å². The molecule has 1 aromatic carbocycles. The van der Waals surface area contributed by atoms with Crippen molar-refractivity contribution in [3.05, 3.63) is 53.9 Å². The van der Waals surface area contributed by atoms with Crippen molar-refractivity contribution in [3.8, 4) is 11.1 Å². The first kappa shape index (κ1) is 16.4. The zero-order chi connectivity index (χ0) is 16.1. The van der Waals surface area contributed by atoms with Crippen molar-refractivity contribution in [1.29, 1.82) is 0 Å². The second kappa shape index (κ2) is 7.32. The van der Waals surface area contributed by atoms with E-state index >= 15 is 0 Å². The number of carbonyl (C=O) groups excluding carboxylic acids is 1. The van der Waals surface area contributed by atoms with Gasteiger partial charge >= 0.3 is 0 Å². The van der Waals surface area contributed by atoms with Gasteiger partial charge < -0.3 is 5.32 Å². The summed E-state index contributed by atoms with van der Waals surface area (Å²) in [5, 5.41) is 3.44. The lowest BCUT2D eigenvalue weighted by Crippen LogP contribution is -2.22. The first-order chi connectivity index (χ1) is 10.5. The van der Waals surface area contributed by atoms with Gasteiger partial charge in [0, 0.05) is 36.5 Å². The maximum atomic E-state index is 12.3. The molecule has 0 saturated carbocycles. The number of pyridine rings is 1. The Balaban J connectivity index is 2.42. The molecule has 3 nitrogen and oxygen atoms in total. The van der Waals surface area contributed by atoms with Crippen LogP contribution in [0.4, 0.5) is 0 Å². The van der Waals surface area contributed by atoms with Gasteiger partial charge in [-0.05, 0) is 34.9 Å². The third-order valence-corrected chi connectivity index (χ3v) is 3.61. The monoisotopic (exact) mass is 296 g/mol. The normalized spacial score (nSPS) is 11.2. The smallest absolute Gasteiger partial charge is 0.165 e. The Kier molecular flexibility index (Phi) is 5.45. The van der Waals surface area contributed by atoms with Crippen LogP contribution in [-0.2, 0) is 6.54 Å². The molecule has 22 heavy (non-hydrogen) atoms. The second-order valence-electron chi connectivity index (χ2n) is 6.16. The summed E-state index contributed by atoms with van der Waals surface area (Å²) < 4.78 is 0. The van der Waals surface area contributed by atoms with Crippen LogP contribution < -0.4 is 5.32 Å². The number of hydrogen-bond acceptors (Lipinski definition) is 3. The summed E-state index contributed by atoms with van der Waals surface area (Å²) >= 11 is 0. The van der Waals surface area contributed by atoms with E-state index in [0.717, 1.165) is 28.8 Å². The van der Waals surface area contributed by atoms with E-state index in [1.165, 1.54) is 0 Å². The predicted octanol–water partition coefficient (Wildman–Crippen LogP) is 4.09. The van der Waals surface area contributed by atoms with Crippen molar-refractivity contribution in [3.63, 3.8) is 0 Å². The minimum atomic E-state index is 0.0117. The molecule has 0 atom stereocenters. The minimum absolute atomic E-state index is 0.0117. The van der Waals surface area contributed by atoms with E-state index in [0.29, 0.717) is 6.04 Å². The summed E-state index contributed by atoms with van der Waals surface area (Å²) in [4.78, 5) is 16.3. The van der Waals surface area contributed by atoms with E-state index in [-0.39, 0.29) is 11.7 Å². The first-order valence-electron chi connectivity index (χ1n) is 7.80. The summed E-state index contributed by atoms with van der Waals surface area (Å²) in [5.74, 6) is 0.199. The standard InChI is InChI=1S/C19H24N2O/c1-13(2)19(22)16-5-6-18(15-7-9-20-10-8-15)17(11-16)12-21-14(3)4/h5-11,13-14,21H,12H2,1-4H3. The van der Waals surface area contributed by atoms with Gasteiger partial charge in [0.15, 0.2) is 5.78 Å². The van der Waals surface area contributed by atoms with Gasteiger partial charge in [0.2, 0.25) is 0 Å². The molecule has 0 aliphatic heterocycles. The van der Waals surface area contributed by atoms with Crippen LogP contribution in [-0.4, -0.2) is 16.8 Å². The lowest BCUT2D eigenvalue weighted by atomic mass is 9.94. The fourth-order valence-electron chi connectivity index (χ4n) is 2.35. The van der Waals surface area contributed by atoms with E-state index in [4.69, 9.17) is 0 Å². The molecule has 0 fully saturated rings. The molecular weight excluding hydrogens is 272 g/mol. The van der Waals surface area contributed by atoms with Gasteiger partial charge in [0.25, 0.3) is 0 Å². The molecule has 116 valence electrons. The van der Waals surface area contributed by atoms with Crippen molar-refractivity contribution in [2.24, 2.45) is 5.92 Å². The Morgan fingerprint density at radius 2 is 1.77 bits per heavy atom. The third-order valence-electron chi connectivity index (χ3n) is 3.61. The highest BCUT2D eigenvalue weighted by atomic mass is 16.1. The SMILES string of the molecule is CC(C)NCc1cc(C(=O)C(C)C)ccc1-c1ccncc1. The molecule has 0 bridgehead atoms. The van der Waals surface area contributed by atoms with Gasteiger partial charge in [-0.2, -0.15) is 0 Å². The van der Waals surface area contributed by atoms with Crippen molar-refractivity contribution in [2.45, 2.75) is 40.3 Å². The zero-order valence-electron chi connectivity index (χ0n) is 13.8. The van der Waals surface area contributed by atoms with Gasteiger partial charge in [0.05, 0.1) is 0 Å². The molecule has 2 rings (SSSR count). The highest BCUT2D eigenvalue weighted by Gasteiger charge is 2.14. The zero-order valence-corrected chi connectivity index (χ0v) is 13.8. The quantitative estimate of drug-likeness (QED) is 0.817. The number of rotatable bonds is 6. The number of carbonyl (C=O) groups is 1. The average Bonchev–Trinajstić information content (AvgIpc) is 2.52. The van der Waals surface area contributed by atoms with E-state index in [9.17, 15) is 4.79 Å². The number of aromatic nitrogens is 1. The van der Waals surface area contributed by atoms with E-state index in [1.807, 2.05) is 44.2 Å². The molecule has 3 heteroatoms. The fraction of sp³-hybridized carbons (Fsp3) is 0.368. The summed E-state index contributed by atoms with van der Waals surface area (Å²) in [5.41, 5.74) is 4.20. The molecule has 1 aromatic heterocycles. The molecule has 0 aliphatic rings. The average molecular weight is 296 g/mol. The van der Waals surface area contributed by atoms with E-state index in [1.54, 1.807) is 12.4 Å². The Labute approximate surface area is 132 Å². The largest absolute Gasteiger partial charge is 0.310 e. The molecule has 0 aliphatic carbocycles. The summed E-state index contributed by atoms with van der Waals surface area (Å²) in [6.45, 7) is 8.86. The maximum absolute atomic E-state index is 12.3. The highest BCUT2D eigenvalue weighted by Crippen LogP contribution is 2.25. The van der Waals surface area contributed by atoms with Crippen molar-refractivity contribution in [1.82, 2.24) is 10.3 Å². The van der Waals surface area contributed by atoms with Crippen LogP contribution in [0.25, 0.3) is 11.1 Å². The van der Waals surface area contributed by atoms with E-state index in [2.05, 4.69) is 24.1 Å². The van der Waals surface area contributed by atoms with Crippen LogP contribution in [0.3, 0.4) is 0 Å². The summed E-state index contributed by atoms with van der Waals surface area (Å²) in [7, 11) is 0. The number of nitrogens with one attached hydrogen (secondary N) is 1. The predicted molar refractivity (Wildman–Crippen MR) is 90.8 cm³/mol. The second-order valence-corrected chi connectivity index (χ2v) is 6.16. The van der Waals surface area contributed by atoms with Gasteiger partial charge in [-0.3, -0.25) is 9.78 Å². The molecule has 0 spiro atoms. The Bertz CT molecular complexity index is 633. The Morgan fingerprint density at radius 1 is 1.09 bits per heavy atom. The van der Waals surface area contributed by atoms with Crippen LogP contribution in [0, 0.1) is 5.92 Å². The fourth-order valence-corrected chi connectivity index (χ4v) is 2.35. The Morgan fingerprint density at radius 3 is 2.36 bits per heavy atom. The van der Waals surface area contributed by atoms with Crippen LogP contribution in [0.2, 0.25) is 0 Å². The summed E-state index contributed by atoms with van der Waals surface area (Å²) in [6, 6.07) is 10.4. The molecular formula is C19H24N2O. The number of hydrogen-bond donors (Lipinski definition) is 1. The number of benzene rings is 1. The molecule has 0 amide bonds. The lowest BCUT2D eigenvalue weighted by Gasteiger charge is -2.15. The number of ketones is 1.